The van der Waals surface area contributed by atoms with Crippen LogP contribution in [0.5, 0.6) is 0 Å². The van der Waals surface area contributed by atoms with Gasteiger partial charge in [0.25, 0.3) is 0 Å². The Bertz CT molecular complexity index is 776. The number of nitrogens with zero attached hydrogens (tertiary/aromatic N) is 4. The van der Waals surface area contributed by atoms with Crippen molar-refractivity contribution in [2.45, 2.75) is 13.0 Å². The maximum atomic E-state index is 12.0. The molecule has 0 aliphatic heterocycles. The number of carbonyl (C=O) groups excluding carboxylic acids is 1. The van der Waals surface area contributed by atoms with E-state index in [1.54, 1.807) is 28.8 Å². The van der Waals surface area contributed by atoms with Crippen LogP contribution in [0.4, 0.5) is 0 Å². The quantitative estimate of drug-likeness (QED) is 0.694. The smallest absolute Gasteiger partial charge is 0.341 e. The minimum absolute atomic E-state index is 0.384. The normalized spacial score (nSPS) is 12.1. The third-order valence-corrected chi connectivity index (χ3v) is 3.32. The summed E-state index contributed by atoms with van der Waals surface area (Å²) < 4.78 is 8.76. The summed E-state index contributed by atoms with van der Waals surface area (Å²) in [6.07, 6.45) is 6.29. The third kappa shape index (κ3) is 2.90. The van der Waals surface area contributed by atoms with Crippen LogP contribution >= 0.6 is 0 Å². The number of ether oxygens (including phenoxy) is 1. The molecule has 1 aromatic carbocycles. The number of carbonyl (C=O) groups is 1. The van der Waals surface area contributed by atoms with E-state index in [0.29, 0.717) is 5.56 Å². The minimum atomic E-state index is -0.395. The number of hydrogen-bond acceptors (Lipinski definition) is 4. The van der Waals surface area contributed by atoms with Gasteiger partial charge in [-0.2, -0.15) is 10.2 Å². The molecule has 0 aliphatic carbocycles. The zero-order valence-corrected chi connectivity index (χ0v) is 12.4. The minimum Gasteiger partial charge on any atom is -0.454 e. The molecule has 3 aromatic rings. The Balaban J connectivity index is 1.72. The second-order valence-electron chi connectivity index (χ2n) is 5.00. The summed E-state index contributed by atoms with van der Waals surface area (Å²) in [6.45, 7) is 1.82. The van der Waals surface area contributed by atoms with Crippen LogP contribution in [0, 0.1) is 0 Å². The Kier molecular flexibility index (Phi) is 3.74. The summed E-state index contributed by atoms with van der Waals surface area (Å²) in [6, 6.07) is 9.77. The molecule has 0 amide bonds. The van der Waals surface area contributed by atoms with Crippen molar-refractivity contribution in [3.63, 3.8) is 0 Å². The van der Waals surface area contributed by atoms with Crippen molar-refractivity contribution in [2.24, 2.45) is 7.05 Å². The Morgan fingerprint density at radius 3 is 2.59 bits per heavy atom. The van der Waals surface area contributed by atoms with E-state index in [1.165, 1.54) is 6.20 Å². The van der Waals surface area contributed by atoms with E-state index >= 15 is 0 Å². The second-order valence-corrected chi connectivity index (χ2v) is 5.00. The number of para-hydroxylation sites is 1. The van der Waals surface area contributed by atoms with Gasteiger partial charge in [-0.1, -0.05) is 18.2 Å². The first-order valence-electron chi connectivity index (χ1n) is 6.93. The highest BCUT2D eigenvalue weighted by Gasteiger charge is 2.16. The van der Waals surface area contributed by atoms with Crippen molar-refractivity contribution in [1.29, 1.82) is 0 Å². The number of hydrogen-bond donors (Lipinski definition) is 0. The van der Waals surface area contributed by atoms with Gasteiger partial charge in [-0.05, 0) is 19.1 Å². The predicted molar refractivity (Wildman–Crippen MR) is 80.6 cm³/mol. The average molecular weight is 296 g/mol. The van der Waals surface area contributed by atoms with Gasteiger partial charge in [0.1, 0.15) is 6.10 Å². The van der Waals surface area contributed by atoms with Crippen molar-refractivity contribution in [2.75, 3.05) is 0 Å². The van der Waals surface area contributed by atoms with Crippen LogP contribution in [-0.4, -0.2) is 25.5 Å². The van der Waals surface area contributed by atoms with E-state index in [-0.39, 0.29) is 6.10 Å². The van der Waals surface area contributed by atoms with E-state index in [4.69, 9.17) is 4.74 Å². The van der Waals surface area contributed by atoms with Gasteiger partial charge in [0.05, 0.1) is 23.6 Å². The van der Waals surface area contributed by atoms with Gasteiger partial charge in [-0.25, -0.2) is 9.48 Å². The number of aryl methyl sites for hydroxylation is 1. The molecule has 0 fully saturated rings. The molecule has 0 spiro atoms. The number of benzene rings is 1. The Morgan fingerprint density at radius 1 is 1.14 bits per heavy atom. The number of rotatable bonds is 4. The molecule has 2 heterocycles. The molecule has 112 valence electrons. The van der Waals surface area contributed by atoms with Crippen LogP contribution in [0.3, 0.4) is 0 Å². The highest BCUT2D eigenvalue weighted by molar-refractivity contribution is 5.88. The van der Waals surface area contributed by atoms with Crippen molar-refractivity contribution >= 4 is 5.97 Å². The molecule has 1 unspecified atom stereocenters. The van der Waals surface area contributed by atoms with Gasteiger partial charge in [0, 0.05) is 25.0 Å². The Labute approximate surface area is 127 Å². The van der Waals surface area contributed by atoms with Gasteiger partial charge in [-0.3, -0.25) is 4.68 Å². The van der Waals surface area contributed by atoms with E-state index in [2.05, 4.69) is 10.2 Å². The fourth-order valence-corrected chi connectivity index (χ4v) is 2.09. The van der Waals surface area contributed by atoms with Gasteiger partial charge in [0.2, 0.25) is 0 Å². The lowest BCUT2D eigenvalue weighted by atomic mass is 10.2. The topological polar surface area (TPSA) is 61.9 Å². The van der Waals surface area contributed by atoms with E-state index in [1.807, 2.05) is 43.5 Å². The first-order valence-corrected chi connectivity index (χ1v) is 6.93. The number of esters is 1. The summed E-state index contributed by atoms with van der Waals surface area (Å²) in [5, 5.41) is 8.26. The van der Waals surface area contributed by atoms with E-state index in [9.17, 15) is 4.79 Å². The van der Waals surface area contributed by atoms with Crippen LogP contribution in [0.15, 0.2) is 55.1 Å². The van der Waals surface area contributed by atoms with Crippen LogP contribution < -0.4 is 0 Å². The average Bonchev–Trinajstić information content (AvgIpc) is 3.17. The number of aromatic nitrogens is 4. The van der Waals surface area contributed by atoms with Gasteiger partial charge < -0.3 is 4.74 Å². The summed E-state index contributed by atoms with van der Waals surface area (Å²) >= 11 is 0. The van der Waals surface area contributed by atoms with Crippen molar-refractivity contribution in [3.05, 3.63) is 66.2 Å². The van der Waals surface area contributed by atoms with Crippen molar-refractivity contribution in [1.82, 2.24) is 19.6 Å². The molecule has 0 saturated heterocycles. The van der Waals surface area contributed by atoms with E-state index in [0.717, 1.165) is 11.3 Å². The van der Waals surface area contributed by atoms with Crippen LogP contribution in [0.2, 0.25) is 0 Å². The maximum absolute atomic E-state index is 12.0. The first kappa shape index (κ1) is 14.1. The molecule has 0 bridgehead atoms. The maximum Gasteiger partial charge on any atom is 0.341 e. The summed E-state index contributed by atoms with van der Waals surface area (Å²) in [7, 11) is 1.75. The monoisotopic (exact) mass is 296 g/mol. The molecule has 2 aromatic heterocycles. The fraction of sp³-hybridized carbons (Fsp3) is 0.188. The predicted octanol–water partition coefficient (Wildman–Crippen LogP) is 2.52. The standard InChI is InChI=1S/C16H16N4O2/c1-12(22-16(21)14-9-17-19(2)10-14)13-8-18-20(11-13)15-6-4-3-5-7-15/h3-12H,1-2H3. The van der Waals surface area contributed by atoms with Crippen LogP contribution in [-0.2, 0) is 11.8 Å². The molecular weight excluding hydrogens is 280 g/mol. The van der Waals surface area contributed by atoms with Gasteiger partial charge in [-0.15, -0.1) is 0 Å². The lowest BCUT2D eigenvalue weighted by molar-refractivity contribution is 0.0338. The largest absolute Gasteiger partial charge is 0.454 e. The molecule has 6 heteroatoms. The summed E-state index contributed by atoms with van der Waals surface area (Å²) in [5.74, 6) is -0.395. The first-order chi connectivity index (χ1) is 10.6. The highest BCUT2D eigenvalue weighted by atomic mass is 16.5. The molecule has 3 rings (SSSR count). The fourth-order valence-electron chi connectivity index (χ4n) is 2.09. The molecule has 0 saturated carbocycles. The third-order valence-electron chi connectivity index (χ3n) is 3.32. The van der Waals surface area contributed by atoms with Crippen molar-refractivity contribution < 1.29 is 9.53 Å². The van der Waals surface area contributed by atoms with Crippen LogP contribution in [0.1, 0.15) is 28.9 Å². The summed E-state index contributed by atoms with van der Waals surface area (Å²) in [4.78, 5) is 12.0. The van der Waals surface area contributed by atoms with Gasteiger partial charge >= 0.3 is 5.97 Å². The van der Waals surface area contributed by atoms with Crippen molar-refractivity contribution in [3.8, 4) is 5.69 Å². The SMILES string of the molecule is CC(OC(=O)c1cnn(C)c1)c1cnn(-c2ccccc2)c1. The highest BCUT2D eigenvalue weighted by Crippen LogP contribution is 2.19. The Morgan fingerprint density at radius 2 is 1.91 bits per heavy atom. The van der Waals surface area contributed by atoms with Crippen LogP contribution in [0.25, 0.3) is 5.69 Å². The molecule has 0 aliphatic rings. The lowest BCUT2D eigenvalue weighted by Crippen LogP contribution is -2.08. The zero-order chi connectivity index (χ0) is 15.5. The summed E-state index contributed by atoms with van der Waals surface area (Å²) in [5.41, 5.74) is 2.23. The molecule has 0 N–H and O–H groups in total. The lowest BCUT2D eigenvalue weighted by Gasteiger charge is -2.10. The Hall–Kier alpha value is -2.89. The molecule has 6 nitrogen and oxygen atoms in total. The molecule has 1 atom stereocenters. The van der Waals surface area contributed by atoms with E-state index < -0.39 is 5.97 Å². The molecular formula is C16H16N4O2. The van der Waals surface area contributed by atoms with Gasteiger partial charge in [0.15, 0.2) is 0 Å². The second kappa shape index (κ2) is 5.85. The zero-order valence-electron chi connectivity index (χ0n) is 12.4. The molecule has 0 radical (unpaired) electrons. The molecule has 22 heavy (non-hydrogen) atoms.